The van der Waals surface area contributed by atoms with E-state index < -0.39 is 0 Å². The molecule has 2 aliphatic carbocycles. The molecule has 2 saturated carbocycles. The topological polar surface area (TPSA) is 49.4 Å². The van der Waals surface area contributed by atoms with Crippen LogP contribution in [0, 0.1) is 17.2 Å². The van der Waals surface area contributed by atoms with Crippen molar-refractivity contribution in [3.05, 3.63) is 35.1 Å². The molecule has 0 aromatic heterocycles. The number of amides is 2. The normalized spacial score (nSPS) is 25.6. The van der Waals surface area contributed by atoms with Crippen LogP contribution < -0.4 is 5.32 Å². The van der Waals surface area contributed by atoms with Crippen LogP contribution in [0.15, 0.2) is 18.2 Å². The first kappa shape index (κ1) is 22.3. The molecule has 1 saturated heterocycles. The maximum atomic E-state index is 14.5. The fourth-order valence-electron chi connectivity index (χ4n) is 5.66. The second-order valence-electron chi connectivity index (χ2n) is 11.2. The van der Waals surface area contributed by atoms with Crippen molar-refractivity contribution in [2.24, 2.45) is 11.3 Å². The fourth-order valence-corrected chi connectivity index (χ4v) is 5.66. The number of halogens is 1. The molecule has 170 valence electrons. The molecule has 3 fully saturated rings. The molecule has 1 aliphatic heterocycles. The Morgan fingerprint density at radius 2 is 1.81 bits per heavy atom. The first-order valence-electron chi connectivity index (χ1n) is 12.0. The number of hydrogen-bond donors (Lipinski definition) is 1. The smallest absolute Gasteiger partial charge is 0.225 e. The molecule has 31 heavy (non-hydrogen) atoms. The lowest BCUT2D eigenvalue weighted by Crippen LogP contribution is -2.53. The molecule has 0 radical (unpaired) electrons. The Morgan fingerprint density at radius 1 is 1.16 bits per heavy atom. The number of hydrogen-bond acceptors (Lipinski definition) is 2. The second kappa shape index (κ2) is 8.22. The standard InChI is InChI=1S/C26H37FN2O2/c1-5-23(30)28-20-12-17(13-20)24(31)29-10-8-26(9-11-29)15-18(16-26)21-14-19(25(2,3)4)6-7-22(21)27/h6-7,14,17-18,20H,5,8-13,15-16H2,1-4H3,(H,28,30). The van der Waals surface area contributed by atoms with E-state index in [1.165, 1.54) is 5.56 Å². The molecule has 1 N–H and O–H groups in total. The molecule has 0 bridgehead atoms. The Balaban J connectivity index is 1.27. The highest BCUT2D eigenvalue weighted by atomic mass is 19.1. The van der Waals surface area contributed by atoms with Crippen LogP contribution in [-0.2, 0) is 15.0 Å². The predicted molar refractivity (Wildman–Crippen MR) is 120 cm³/mol. The molecule has 1 spiro atoms. The summed E-state index contributed by atoms with van der Waals surface area (Å²) >= 11 is 0. The SMILES string of the molecule is CCC(=O)NC1CC(C(=O)N2CCC3(CC2)CC(c2cc(C(C)(C)C)ccc2F)C3)C1. The first-order chi connectivity index (χ1) is 14.6. The highest BCUT2D eigenvalue weighted by Gasteiger charge is 2.48. The Labute approximate surface area is 186 Å². The van der Waals surface area contributed by atoms with Crippen molar-refractivity contribution in [1.82, 2.24) is 10.2 Å². The lowest BCUT2D eigenvalue weighted by atomic mass is 9.55. The third kappa shape index (κ3) is 4.51. The third-order valence-electron chi connectivity index (χ3n) is 7.97. The van der Waals surface area contributed by atoms with E-state index in [1.807, 2.05) is 17.9 Å². The highest BCUT2D eigenvalue weighted by molar-refractivity contribution is 5.81. The van der Waals surface area contributed by atoms with Gasteiger partial charge < -0.3 is 10.2 Å². The molecule has 1 aromatic rings. The van der Waals surface area contributed by atoms with E-state index in [2.05, 4.69) is 32.2 Å². The Morgan fingerprint density at radius 3 is 2.39 bits per heavy atom. The molecule has 0 unspecified atom stereocenters. The van der Waals surface area contributed by atoms with Crippen LogP contribution in [0.4, 0.5) is 4.39 Å². The second-order valence-corrected chi connectivity index (χ2v) is 11.2. The van der Waals surface area contributed by atoms with Crippen molar-refractivity contribution in [2.45, 2.75) is 90.0 Å². The number of nitrogens with zero attached hydrogens (tertiary/aromatic N) is 1. The van der Waals surface area contributed by atoms with Crippen LogP contribution in [-0.4, -0.2) is 35.8 Å². The van der Waals surface area contributed by atoms with E-state index >= 15 is 0 Å². The van der Waals surface area contributed by atoms with Gasteiger partial charge in [-0.1, -0.05) is 39.8 Å². The van der Waals surface area contributed by atoms with Crippen LogP contribution in [0.1, 0.15) is 89.7 Å². The van der Waals surface area contributed by atoms with Gasteiger partial charge in [-0.3, -0.25) is 9.59 Å². The molecular formula is C26H37FN2O2. The average Bonchev–Trinajstić information content (AvgIpc) is 2.67. The average molecular weight is 429 g/mol. The van der Waals surface area contributed by atoms with Crippen molar-refractivity contribution in [3.63, 3.8) is 0 Å². The Bertz CT molecular complexity index is 837. The van der Waals surface area contributed by atoms with Crippen molar-refractivity contribution in [1.29, 1.82) is 0 Å². The number of piperidine rings is 1. The molecule has 5 heteroatoms. The summed E-state index contributed by atoms with van der Waals surface area (Å²) in [5, 5.41) is 2.98. The zero-order valence-corrected chi connectivity index (χ0v) is 19.5. The van der Waals surface area contributed by atoms with E-state index in [0.717, 1.165) is 57.2 Å². The van der Waals surface area contributed by atoms with Gasteiger partial charge in [-0.25, -0.2) is 4.39 Å². The molecular weight excluding hydrogens is 391 g/mol. The molecule has 3 aliphatic rings. The van der Waals surface area contributed by atoms with Gasteiger partial charge in [0, 0.05) is 31.5 Å². The predicted octanol–water partition coefficient (Wildman–Crippen LogP) is 4.91. The third-order valence-corrected chi connectivity index (χ3v) is 7.97. The number of nitrogens with one attached hydrogen (secondary N) is 1. The van der Waals surface area contributed by atoms with Gasteiger partial charge in [0.25, 0.3) is 0 Å². The maximum absolute atomic E-state index is 14.5. The molecule has 2 amide bonds. The quantitative estimate of drug-likeness (QED) is 0.740. The van der Waals surface area contributed by atoms with Gasteiger partial charge in [-0.15, -0.1) is 0 Å². The minimum atomic E-state index is -0.0739. The molecule has 4 nitrogen and oxygen atoms in total. The molecule has 1 heterocycles. The summed E-state index contributed by atoms with van der Waals surface area (Å²) in [5.41, 5.74) is 2.38. The summed E-state index contributed by atoms with van der Waals surface area (Å²) in [7, 11) is 0. The maximum Gasteiger partial charge on any atom is 0.225 e. The van der Waals surface area contributed by atoms with Crippen LogP contribution >= 0.6 is 0 Å². The summed E-state index contributed by atoms with van der Waals surface area (Å²) in [6.07, 6.45) is 6.17. The summed E-state index contributed by atoms with van der Waals surface area (Å²) in [6.45, 7) is 9.99. The zero-order chi connectivity index (χ0) is 22.4. The minimum absolute atomic E-state index is 0.0233. The van der Waals surface area contributed by atoms with Gasteiger partial charge in [-0.2, -0.15) is 0 Å². The largest absolute Gasteiger partial charge is 0.353 e. The fraction of sp³-hybridized carbons (Fsp3) is 0.692. The van der Waals surface area contributed by atoms with Crippen LogP contribution in [0.25, 0.3) is 0 Å². The number of carbonyl (C=O) groups is 2. The van der Waals surface area contributed by atoms with Gasteiger partial charge in [0.2, 0.25) is 11.8 Å². The van der Waals surface area contributed by atoms with Crippen molar-refractivity contribution >= 4 is 11.8 Å². The van der Waals surface area contributed by atoms with Gasteiger partial charge in [0.05, 0.1) is 0 Å². The number of rotatable bonds is 4. The van der Waals surface area contributed by atoms with Crippen LogP contribution in [0.5, 0.6) is 0 Å². The van der Waals surface area contributed by atoms with Crippen LogP contribution in [0.3, 0.4) is 0 Å². The van der Waals surface area contributed by atoms with E-state index in [-0.39, 0.29) is 40.4 Å². The summed E-state index contributed by atoms with van der Waals surface area (Å²) in [5.74, 6) is 0.630. The zero-order valence-electron chi connectivity index (χ0n) is 19.5. The van der Waals surface area contributed by atoms with E-state index in [1.54, 1.807) is 6.07 Å². The Kier molecular flexibility index (Phi) is 5.91. The van der Waals surface area contributed by atoms with Crippen LogP contribution in [0.2, 0.25) is 0 Å². The highest BCUT2D eigenvalue weighted by Crippen LogP contribution is 2.57. The van der Waals surface area contributed by atoms with Crippen molar-refractivity contribution in [2.75, 3.05) is 13.1 Å². The molecule has 0 atom stereocenters. The lowest BCUT2D eigenvalue weighted by Gasteiger charge is -2.53. The van der Waals surface area contributed by atoms with Gasteiger partial charge >= 0.3 is 0 Å². The van der Waals surface area contributed by atoms with Crippen molar-refractivity contribution in [3.8, 4) is 0 Å². The van der Waals surface area contributed by atoms with Gasteiger partial charge in [0.1, 0.15) is 5.82 Å². The summed E-state index contributed by atoms with van der Waals surface area (Å²) in [6, 6.07) is 5.80. The number of likely N-dealkylation sites (tertiary alicyclic amines) is 1. The molecule has 1 aromatic carbocycles. The molecule has 4 rings (SSSR count). The Hall–Kier alpha value is -1.91. The van der Waals surface area contributed by atoms with E-state index in [9.17, 15) is 14.0 Å². The minimum Gasteiger partial charge on any atom is -0.353 e. The van der Waals surface area contributed by atoms with E-state index in [4.69, 9.17) is 0 Å². The number of benzene rings is 1. The summed E-state index contributed by atoms with van der Waals surface area (Å²) < 4.78 is 14.5. The summed E-state index contributed by atoms with van der Waals surface area (Å²) in [4.78, 5) is 26.3. The monoisotopic (exact) mass is 428 g/mol. The van der Waals surface area contributed by atoms with Gasteiger partial charge in [-0.05, 0) is 72.5 Å². The van der Waals surface area contributed by atoms with Crippen molar-refractivity contribution < 1.29 is 14.0 Å². The first-order valence-corrected chi connectivity index (χ1v) is 12.0. The van der Waals surface area contributed by atoms with Gasteiger partial charge in [0.15, 0.2) is 0 Å². The van der Waals surface area contributed by atoms with E-state index in [0.29, 0.717) is 12.3 Å². The number of carbonyl (C=O) groups excluding carboxylic acids is 2. The lowest BCUT2D eigenvalue weighted by molar-refractivity contribution is -0.143.